The molecule has 0 radical (unpaired) electrons. The number of nitrogens with zero attached hydrogens (tertiary/aromatic N) is 1. The molecule has 0 unspecified atom stereocenters. The number of carbonyl (C=O) groups is 3. The normalized spacial score (nSPS) is 11.5. The number of carbonyl (C=O) groups excluding carboxylic acids is 3. The lowest BCUT2D eigenvalue weighted by Crippen LogP contribution is -2.34. The van der Waals surface area contributed by atoms with Crippen LogP contribution in [-0.4, -0.2) is 35.1 Å². The summed E-state index contributed by atoms with van der Waals surface area (Å²) in [6, 6.07) is 9.89. The number of ether oxygens (including phenoxy) is 1. The van der Waals surface area contributed by atoms with Crippen LogP contribution in [0.1, 0.15) is 32.5 Å². The SMILES string of the molecule is COC(=O)[C@@H](NC(=O)c1cc(NC(=O)c2cc(F)c(F)cc2Cl)n[nH]1)c1ccccc1. The largest absolute Gasteiger partial charge is 0.467 e. The number of nitrogens with one attached hydrogen (secondary N) is 3. The quantitative estimate of drug-likeness (QED) is 0.396. The third kappa shape index (κ3) is 5.04. The van der Waals surface area contributed by atoms with Gasteiger partial charge in [0, 0.05) is 6.07 Å². The Morgan fingerprint density at radius 3 is 2.42 bits per heavy atom. The van der Waals surface area contributed by atoms with Crippen LogP contribution in [0.4, 0.5) is 14.6 Å². The summed E-state index contributed by atoms with van der Waals surface area (Å²) in [7, 11) is 1.19. The van der Waals surface area contributed by atoms with Crippen molar-refractivity contribution in [3.05, 3.63) is 82.0 Å². The molecule has 0 aliphatic carbocycles. The predicted molar refractivity (Wildman–Crippen MR) is 107 cm³/mol. The van der Waals surface area contributed by atoms with Crippen LogP contribution in [0.2, 0.25) is 5.02 Å². The van der Waals surface area contributed by atoms with Crippen LogP contribution in [0.15, 0.2) is 48.5 Å². The first-order valence-electron chi connectivity index (χ1n) is 8.75. The second-order valence-electron chi connectivity index (χ2n) is 6.21. The van der Waals surface area contributed by atoms with Gasteiger partial charge in [-0.15, -0.1) is 0 Å². The van der Waals surface area contributed by atoms with Gasteiger partial charge in [-0.3, -0.25) is 14.7 Å². The lowest BCUT2D eigenvalue weighted by Gasteiger charge is -2.16. The van der Waals surface area contributed by atoms with E-state index < -0.39 is 35.5 Å². The molecule has 1 atom stereocenters. The fraction of sp³-hybridized carbons (Fsp3) is 0.100. The molecule has 0 aliphatic rings. The molecule has 0 fully saturated rings. The Morgan fingerprint density at radius 1 is 1.06 bits per heavy atom. The number of benzene rings is 2. The lowest BCUT2D eigenvalue weighted by atomic mass is 10.1. The van der Waals surface area contributed by atoms with E-state index in [-0.39, 0.29) is 22.1 Å². The third-order valence-electron chi connectivity index (χ3n) is 4.16. The minimum atomic E-state index is -1.24. The predicted octanol–water partition coefficient (Wildman–Crippen LogP) is 3.24. The lowest BCUT2D eigenvalue weighted by molar-refractivity contribution is -0.143. The molecule has 0 saturated heterocycles. The van der Waals surface area contributed by atoms with Crippen molar-refractivity contribution in [3.63, 3.8) is 0 Å². The van der Waals surface area contributed by atoms with E-state index in [4.69, 9.17) is 16.3 Å². The molecule has 1 aromatic heterocycles. The minimum absolute atomic E-state index is 0.0727. The van der Waals surface area contributed by atoms with Gasteiger partial charge in [0.15, 0.2) is 23.5 Å². The van der Waals surface area contributed by atoms with Crippen molar-refractivity contribution >= 4 is 35.2 Å². The monoisotopic (exact) mass is 448 g/mol. The van der Waals surface area contributed by atoms with Gasteiger partial charge in [0.2, 0.25) is 0 Å². The maximum absolute atomic E-state index is 13.4. The van der Waals surface area contributed by atoms with Gasteiger partial charge in [0.05, 0.1) is 17.7 Å². The molecule has 11 heteroatoms. The van der Waals surface area contributed by atoms with Gasteiger partial charge in [0.1, 0.15) is 5.69 Å². The summed E-state index contributed by atoms with van der Waals surface area (Å²) in [5, 5.41) is 10.7. The van der Waals surface area contributed by atoms with E-state index in [2.05, 4.69) is 20.8 Å². The molecule has 0 saturated carbocycles. The first-order chi connectivity index (χ1) is 14.8. The van der Waals surface area contributed by atoms with Gasteiger partial charge in [0.25, 0.3) is 11.8 Å². The van der Waals surface area contributed by atoms with Crippen LogP contribution in [-0.2, 0) is 9.53 Å². The fourth-order valence-electron chi connectivity index (χ4n) is 2.63. The number of esters is 1. The standard InChI is InChI=1S/C20H15ClF2N4O4/c1-31-20(30)17(10-5-3-2-4-6-10)25-19(29)15-9-16(27-26-15)24-18(28)11-7-13(22)14(23)8-12(11)21/h2-9,17H,1H3,(H,25,29)(H2,24,26,27,28)/t17-/m0/s1. The molecule has 3 aromatic rings. The number of hydrogen-bond acceptors (Lipinski definition) is 5. The molecule has 160 valence electrons. The number of hydrogen-bond donors (Lipinski definition) is 3. The molecule has 3 rings (SSSR count). The first kappa shape index (κ1) is 21.9. The number of anilines is 1. The van der Waals surface area contributed by atoms with Crippen LogP contribution in [0, 0.1) is 11.6 Å². The highest BCUT2D eigenvalue weighted by atomic mass is 35.5. The minimum Gasteiger partial charge on any atom is -0.467 e. The van der Waals surface area contributed by atoms with Crippen molar-refractivity contribution in [2.24, 2.45) is 0 Å². The van der Waals surface area contributed by atoms with Crippen molar-refractivity contribution in [3.8, 4) is 0 Å². The highest BCUT2D eigenvalue weighted by Gasteiger charge is 2.25. The van der Waals surface area contributed by atoms with Crippen molar-refractivity contribution in [2.75, 3.05) is 12.4 Å². The maximum atomic E-state index is 13.4. The maximum Gasteiger partial charge on any atom is 0.333 e. The van der Waals surface area contributed by atoms with Gasteiger partial charge in [-0.2, -0.15) is 5.10 Å². The molecule has 2 aromatic carbocycles. The van der Waals surface area contributed by atoms with E-state index in [9.17, 15) is 23.2 Å². The summed E-state index contributed by atoms with van der Waals surface area (Å²) in [5.41, 5.74) is 0.115. The Labute approximate surface area is 179 Å². The smallest absolute Gasteiger partial charge is 0.333 e. The van der Waals surface area contributed by atoms with E-state index in [0.717, 1.165) is 0 Å². The Morgan fingerprint density at radius 2 is 1.74 bits per heavy atom. The van der Waals surface area contributed by atoms with Crippen LogP contribution < -0.4 is 10.6 Å². The van der Waals surface area contributed by atoms with Crippen molar-refractivity contribution < 1.29 is 27.9 Å². The van der Waals surface area contributed by atoms with Crippen molar-refractivity contribution in [1.29, 1.82) is 0 Å². The molecule has 3 N–H and O–H groups in total. The van der Waals surface area contributed by atoms with E-state index in [0.29, 0.717) is 17.7 Å². The molecule has 8 nitrogen and oxygen atoms in total. The second-order valence-corrected chi connectivity index (χ2v) is 6.61. The van der Waals surface area contributed by atoms with Crippen LogP contribution in [0.3, 0.4) is 0 Å². The van der Waals surface area contributed by atoms with Gasteiger partial charge in [-0.25, -0.2) is 13.6 Å². The molecule has 1 heterocycles. The van der Waals surface area contributed by atoms with E-state index in [1.54, 1.807) is 30.3 Å². The Hall–Kier alpha value is -3.79. The summed E-state index contributed by atoms with van der Waals surface area (Å²) in [6.07, 6.45) is 0. The molecular formula is C20H15ClF2N4O4. The molecule has 31 heavy (non-hydrogen) atoms. The molecule has 2 amide bonds. The molecule has 0 bridgehead atoms. The van der Waals surface area contributed by atoms with Crippen LogP contribution in [0.5, 0.6) is 0 Å². The number of amides is 2. The van der Waals surface area contributed by atoms with Gasteiger partial charge >= 0.3 is 5.97 Å². The number of rotatable bonds is 6. The van der Waals surface area contributed by atoms with Gasteiger partial charge < -0.3 is 15.4 Å². The summed E-state index contributed by atoms with van der Waals surface area (Å²) in [4.78, 5) is 36.9. The third-order valence-corrected chi connectivity index (χ3v) is 4.48. The Kier molecular flexibility index (Phi) is 6.61. The zero-order valence-corrected chi connectivity index (χ0v) is 16.7. The number of H-pyrrole nitrogens is 1. The van der Waals surface area contributed by atoms with E-state index in [1.807, 2.05) is 0 Å². The zero-order chi connectivity index (χ0) is 22.5. The van der Waals surface area contributed by atoms with Gasteiger partial charge in [-0.1, -0.05) is 41.9 Å². The van der Waals surface area contributed by atoms with Crippen molar-refractivity contribution in [1.82, 2.24) is 15.5 Å². The van der Waals surface area contributed by atoms with Crippen LogP contribution >= 0.6 is 11.6 Å². The highest BCUT2D eigenvalue weighted by molar-refractivity contribution is 6.34. The Bertz CT molecular complexity index is 1140. The average Bonchev–Trinajstić information content (AvgIpc) is 3.23. The number of aromatic amines is 1. The Balaban J connectivity index is 1.74. The molecule has 0 spiro atoms. The second kappa shape index (κ2) is 9.35. The summed E-state index contributed by atoms with van der Waals surface area (Å²) in [6.45, 7) is 0. The zero-order valence-electron chi connectivity index (χ0n) is 15.9. The van der Waals surface area contributed by atoms with Crippen LogP contribution in [0.25, 0.3) is 0 Å². The molecular weight excluding hydrogens is 434 g/mol. The number of methoxy groups -OCH3 is 1. The fourth-order valence-corrected chi connectivity index (χ4v) is 2.87. The average molecular weight is 449 g/mol. The number of aromatic nitrogens is 2. The first-order valence-corrected chi connectivity index (χ1v) is 9.13. The summed E-state index contributed by atoms with van der Waals surface area (Å²) < 4.78 is 31.3. The highest BCUT2D eigenvalue weighted by Crippen LogP contribution is 2.21. The summed E-state index contributed by atoms with van der Waals surface area (Å²) >= 11 is 5.77. The number of halogens is 3. The van der Waals surface area contributed by atoms with E-state index >= 15 is 0 Å². The summed E-state index contributed by atoms with van der Waals surface area (Å²) in [5.74, 6) is -4.76. The van der Waals surface area contributed by atoms with Gasteiger partial charge in [-0.05, 0) is 17.7 Å². The topological polar surface area (TPSA) is 113 Å². The molecule has 0 aliphatic heterocycles. The van der Waals surface area contributed by atoms with Crippen molar-refractivity contribution in [2.45, 2.75) is 6.04 Å². The van der Waals surface area contributed by atoms with E-state index in [1.165, 1.54) is 13.2 Å².